The lowest BCUT2D eigenvalue weighted by atomic mass is 10.0. The van der Waals surface area contributed by atoms with Crippen molar-refractivity contribution in [2.24, 2.45) is 0 Å². The minimum atomic E-state index is -0.475. The van der Waals surface area contributed by atoms with E-state index in [0.29, 0.717) is 21.2 Å². The molecule has 0 aliphatic carbocycles. The monoisotopic (exact) mass is 489 g/mol. The number of amides is 1. The molecule has 1 aromatic heterocycles. The number of hydrogen-bond donors (Lipinski definition) is 1. The summed E-state index contributed by atoms with van der Waals surface area (Å²) in [6.07, 6.45) is 3.01. The molecule has 7 heteroatoms. The zero-order valence-corrected chi connectivity index (χ0v) is 18.6. The number of esters is 1. The predicted molar refractivity (Wildman–Crippen MR) is 123 cm³/mol. The lowest BCUT2D eigenvalue weighted by molar-refractivity contribution is -0.111. The van der Waals surface area contributed by atoms with E-state index >= 15 is 0 Å². The summed E-state index contributed by atoms with van der Waals surface area (Å²) in [5.41, 5.74) is 2.65. The second-order valence-corrected chi connectivity index (χ2v) is 8.13. The van der Waals surface area contributed by atoms with E-state index in [1.54, 1.807) is 19.1 Å². The quantitative estimate of drug-likeness (QED) is 0.310. The topological polar surface area (TPSA) is 55.4 Å². The van der Waals surface area contributed by atoms with Crippen molar-refractivity contribution in [3.05, 3.63) is 80.6 Å². The molecule has 0 unspecified atom stereocenters. The van der Waals surface area contributed by atoms with Gasteiger partial charge in [0.05, 0.1) is 6.61 Å². The van der Waals surface area contributed by atoms with E-state index in [4.69, 9.17) is 16.3 Å². The molecular formula is C22H17BrClNO3S. The zero-order valence-electron chi connectivity index (χ0n) is 15.4. The van der Waals surface area contributed by atoms with Gasteiger partial charge in [0, 0.05) is 26.5 Å². The van der Waals surface area contributed by atoms with Crippen LogP contribution < -0.4 is 5.32 Å². The van der Waals surface area contributed by atoms with E-state index in [0.717, 1.165) is 15.6 Å². The van der Waals surface area contributed by atoms with E-state index in [-0.39, 0.29) is 12.5 Å². The molecule has 29 heavy (non-hydrogen) atoms. The van der Waals surface area contributed by atoms with Crippen molar-refractivity contribution in [1.29, 1.82) is 0 Å². The van der Waals surface area contributed by atoms with Gasteiger partial charge in [-0.1, -0.05) is 57.9 Å². The lowest BCUT2D eigenvalue weighted by Gasteiger charge is -2.08. The van der Waals surface area contributed by atoms with Crippen LogP contribution in [0.4, 0.5) is 5.00 Å². The van der Waals surface area contributed by atoms with Gasteiger partial charge in [0.2, 0.25) is 5.91 Å². The molecule has 0 saturated carbocycles. The van der Waals surface area contributed by atoms with Gasteiger partial charge in [0.1, 0.15) is 10.6 Å². The van der Waals surface area contributed by atoms with Crippen molar-refractivity contribution in [1.82, 2.24) is 0 Å². The molecule has 0 saturated heterocycles. The van der Waals surface area contributed by atoms with E-state index in [1.807, 2.05) is 47.8 Å². The van der Waals surface area contributed by atoms with Crippen molar-refractivity contribution >= 4 is 61.8 Å². The van der Waals surface area contributed by atoms with Gasteiger partial charge < -0.3 is 10.1 Å². The Morgan fingerprint density at radius 2 is 1.90 bits per heavy atom. The normalized spacial score (nSPS) is 10.9. The summed E-state index contributed by atoms with van der Waals surface area (Å²) in [5, 5.41) is 5.61. The van der Waals surface area contributed by atoms with Crippen molar-refractivity contribution in [2.75, 3.05) is 11.9 Å². The van der Waals surface area contributed by atoms with Crippen molar-refractivity contribution in [3.63, 3.8) is 0 Å². The molecule has 3 aromatic rings. The fourth-order valence-corrected chi connectivity index (χ4v) is 4.05. The number of rotatable bonds is 6. The predicted octanol–water partition coefficient (Wildman–Crippen LogP) is 6.66. The van der Waals surface area contributed by atoms with Gasteiger partial charge in [-0.15, -0.1) is 11.3 Å². The minimum Gasteiger partial charge on any atom is -0.462 e. The van der Waals surface area contributed by atoms with Gasteiger partial charge in [-0.3, -0.25) is 4.79 Å². The zero-order chi connectivity index (χ0) is 20.8. The van der Waals surface area contributed by atoms with Gasteiger partial charge in [-0.25, -0.2) is 4.79 Å². The van der Waals surface area contributed by atoms with Crippen LogP contribution in [-0.4, -0.2) is 18.5 Å². The Bertz CT molecular complexity index is 1060. The third kappa shape index (κ3) is 5.35. The van der Waals surface area contributed by atoms with Crippen LogP contribution in [0, 0.1) is 0 Å². The first-order chi connectivity index (χ1) is 14.0. The molecule has 0 aliphatic rings. The summed E-state index contributed by atoms with van der Waals surface area (Å²) >= 11 is 10.8. The number of nitrogens with one attached hydrogen (secondary N) is 1. The van der Waals surface area contributed by atoms with Crippen LogP contribution in [-0.2, 0) is 9.53 Å². The second-order valence-electron chi connectivity index (χ2n) is 5.92. The fraction of sp³-hybridized carbons (Fsp3) is 0.0909. The first kappa shape index (κ1) is 21.3. The van der Waals surface area contributed by atoms with Crippen molar-refractivity contribution < 1.29 is 14.3 Å². The molecule has 0 atom stereocenters. The highest BCUT2D eigenvalue weighted by Crippen LogP contribution is 2.36. The summed E-state index contributed by atoms with van der Waals surface area (Å²) < 4.78 is 6.15. The molecule has 2 aromatic carbocycles. The molecule has 1 N–H and O–H groups in total. The maximum absolute atomic E-state index is 12.6. The summed E-state index contributed by atoms with van der Waals surface area (Å²) in [5.74, 6) is -0.836. The Hall–Kier alpha value is -2.41. The molecule has 1 amide bonds. The molecule has 0 aliphatic heterocycles. The Morgan fingerprint density at radius 1 is 1.17 bits per heavy atom. The molecule has 0 spiro atoms. The van der Waals surface area contributed by atoms with E-state index in [1.165, 1.54) is 17.4 Å². The van der Waals surface area contributed by atoms with Gasteiger partial charge in [0.25, 0.3) is 0 Å². The molecule has 148 valence electrons. The SMILES string of the molecule is CCOC(=O)c1c(-c2ccc(Br)cc2)csc1NC(=O)C=Cc1ccccc1Cl. The average molecular weight is 491 g/mol. The van der Waals surface area contributed by atoms with Crippen LogP contribution in [0.15, 0.2) is 64.5 Å². The first-order valence-corrected chi connectivity index (χ1v) is 10.8. The van der Waals surface area contributed by atoms with Crippen molar-refractivity contribution in [3.8, 4) is 11.1 Å². The highest BCUT2D eigenvalue weighted by Gasteiger charge is 2.22. The number of benzene rings is 2. The third-order valence-electron chi connectivity index (χ3n) is 3.98. The molecule has 0 bridgehead atoms. The van der Waals surface area contributed by atoms with Crippen LogP contribution >= 0.6 is 38.9 Å². The number of ether oxygens (including phenoxy) is 1. The summed E-state index contributed by atoms with van der Waals surface area (Å²) in [6.45, 7) is 1.99. The van der Waals surface area contributed by atoms with Crippen molar-refractivity contribution in [2.45, 2.75) is 6.92 Å². The fourth-order valence-electron chi connectivity index (χ4n) is 2.63. The summed E-state index contributed by atoms with van der Waals surface area (Å²) in [4.78, 5) is 25.0. The van der Waals surface area contributed by atoms with Crippen LogP contribution in [0.5, 0.6) is 0 Å². The standard InChI is InChI=1S/C22H17BrClNO3S/c1-2-28-22(27)20-17(14-7-10-16(23)11-8-14)13-29-21(20)25-19(26)12-9-15-5-3-4-6-18(15)24/h3-13H,2H2,1H3,(H,25,26). The largest absolute Gasteiger partial charge is 0.462 e. The Labute approximate surface area is 186 Å². The van der Waals surface area contributed by atoms with Crippen LogP contribution in [0.3, 0.4) is 0 Å². The van der Waals surface area contributed by atoms with Crippen LogP contribution in [0.25, 0.3) is 17.2 Å². The number of hydrogen-bond acceptors (Lipinski definition) is 4. The number of thiophene rings is 1. The van der Waals surface area contributed by atoms with E-state index in [9.17, 15) is 9.59 Å². The van der Waals surface area contributed by atoms with Crippen LogP contribution in [0.1, 0.15) is 22.8 Å². The van der Waals surface area contributed by atoms with E-state index in [2.05, 4.69) is 21.2 Å². The summed E-state index contributed by atoms with van der Waals surface area (Å²) in [6, 6.07) is 14.8. The second kappa shape index (κ2) is 9.87. The summed E-state index contributed by atoms with van der Waals surface area (Å²) in [7, 11) is 0. The molecule has 0 radical (unpaired) electrons. The first-order valence-electron chi connectivity index (χ1n) is 8.77. The Balaban J connectivity index is 1.88. The smallest absolute Gasteiger partial charge is 0.341 e. The van der Waals surface area contributed by atoms with Gasteiger partial charge >= 0.3 is 5.97 Å². The van der Waals surface area contributed by atoms with Gasteiger partial charge in [0.15, 0.2) is 0 Å². The molecular weight excluding hydrogens is 474 g/mol. The Morgan fingerprint density at radius 3 is 2.59 bits per heavy atom. The third-order valence-corrected chi connectivity index (χ3v) is 5.75. The van der Waals surface area contributed by atoms with Crippen LogP contribution in [0.2, 0.25) is 5.02 Å². The maximum Gasteiger partial charge on any atom is 0.341 e. The lowest BCUT2D eigenvalue weighted by Crippen LogP contribution is -2.12. The number of halogens is 2. The van der Waals surface area contributed by atoms with Gasteiger partial charge in [-0.2, -0.15) is 0 Å². The minimum absolute atomic E-state index is 0.244. The molecule has 4 nitrogen and oxygen atoms in total. The number of carbonyl (C=O) groups is 2. The average Bonchev–Trinajstić information content (AvgIpc) is 3.11. The highest BCUT2D eigenvalue weighted by molar-refractivity contribution is 9.10. The molecule has 3 rings (SSSR count). The number of carbonyl (C=O) groups excluding carboxylic acids is 2. The molecule has 1 heterocycles. The van der Waals surface area contributed by atoms with E-state index < -0.39 is 5.97 Å². The van der Waals surface area contributed by atoms with Gasteiger partial charge in [-0.05, 0) is 42.3 Å². The molecule has 0 fully saturated rings. The Kier molecular flexibility index (Phi) is 7.25. The highest BCUT2D eigenvalue weighted by atomic mass is 79.9. The number of anilines is 1. The maximum atomic E-state index is 12.6.